The number of piperazine rings is 1. The third kappa shape index (κ3) is 4.89. The van der Waals surface area contributed by atoms with E-state index in [-0.39, 0.29) is 11.8 Å². The first kappa shape index (κ1) is 19.9. The van der Waals surface area contributed by atoms with Gasteiger partial charge in [0.15, 0.2) is 0 Å². The van der Waals surface area contributed by atoms with Crippen LogP contribution in [0.5, 0.6) is 5.75 Å². The number of amides is 2. The van der Waals surface area contributed by atoms with Gasteiger partial charge in [0, 0.05) is 39.6 Å². The van der Waals surface area contributed by atoms with Crippen molar-refractivity contribution in [2.24, 2.45) is 0 Å². The molecule has 0 aliphatic carbocycles. The zero-order chi connectivity index (χ0) is 19.9. The zero-order valence-electron chi connectivity index (χ0n) is 16.5. The van der Waals surface area contributed by atoms with Crippen molar-refractivity contribution in [1.82, 2.24) is 9.80 Å². The van der Waals surface area contributed by atoms with Crippen molar-refractivity contribution in [3.63, 3.8) is 0 Å². The van der Waals surface area contributed by atoms with Gasteiger partial charge in [-0.1, -0.05) is 42.5 Å². The lowest BCUT2D eigenvalue weighted by molar-refractivity contribution is -0.131. The van der Waals surface area contributed by atoms with Crippen molar-refractivity contribution < 1.29 is 14.3 Å². The van der Waals surface area contributed by atoms with E-state index in [1.165, 1.54) is 0 Å². The molecule has 0 bridgehead atoms. The number of hydrogen-bond acceptors (Lipinski definition) is 4. The van der Waals surface area contributed by atoms with Crippen LogP contribution in [0.25, 0.3) is 0 Å². The number of benzene rings is 2. The molecular weight excluding hydrogens is 354 g/mol. The summed E-state index contributed by atoms with van der Waals surface area (Å²) in [5.74, 6) is 0.811. The average molecular weight is 381 g/mol. The molecule has 2 amide bonds. The number of hydrogen-bond donors (Lipinski definition) is 0. The number of methoxy groups -OCH3 is 1. The van der Waals surface area contributed by atoms with E-state index in [1.807, 2.05) is 66.5 Å². The lowest BCUT2D eigenvalue weighted by Crippen LogP contribution is -2.51. The quantitative estimate of drug-likeness (QED) is 0.739. The fourth-order valence-corrected chi connectivity index (χ4v) is 3.41. The molecule has 1 aliphatic rings. The van der Waals surface area contributed by atoms with Crippen LogP contribution in [-0.4, -0.2) is 62.0 Å². The van der Waals surface area contributed by atoms with Gasteiger partial charge < -0.3 is 14.5 Å². The molecule has 28 heavy (non-hydrogen) atoms. The van der Waals surface area contributed by atoms with Gasteiger partial charge in [0.05, 0.1) is 19.3 Å². The average Bonchev–Trinajstić information content (AvgIpc) is 2.72. The summed E-state index contributed by atoms with van der Waals surface area (Å²) < 4.78 is 5.37. The Morgan fingerprint density at radius 3 is 2.50 bits per heavy atom. The van der Waals surface area contributed by atoms with Crippen LogP contribution in [0.15, 0.2) is 54.6 Å². The Labute approximate surface area is 166 Å². The van der Waals surface area contributed by atoms with Gasteiger partial charge in [-0.05, 0) is 17.7 Å². The molecule has 1 fully saturated rings. The largest absolute Gasteiger partial charge is 0.495 e. The van der Waals surface area contributed by atoms with Crippen molar-refractivity contribution in [1.29, 1.82) is 0 Å². The summed E-state index contributed by atoms with van der Waals surface area (Å²) in [6.45, 7) is 2.82. The highest BCUT2D eigenvalue weighted by molar-refractivity contribution is 5.97. The molecule has 0 unspecified atom stereocenters. The van der Waals surface area contributed by atoms with Gasteiger partial charge in [-0.25, -0.2) is 0 Å². The van der Waals surface area contributed by atoms with Crippen molar-refractivity contribution in [3.05, 3.63) is 60.2 Å². The Kier molecular flexibility index (Phi) is 6.66. The van der Waals surface area contributed by atoms with E-state index in [4.69, 9.17) is 4.74 Å². The first-order valence-electron chi connectivity index (χ1n) is 9.52. The normalized spacial score (nSPS) is 14.8. The summed E-state index contributed by atoms with van der Waals surface area (Å²) in [6.07, 6.45) is 0.408. The number of carbonyl (C=O) groups is 2. The lowest BCUT2D eigenvalue weighted by Gasteiger charge is -2.35. The third-order valence-corrected chi connectivity index (χ3v) is 5.01. The Balaban J connectivity index is 1.49. The molecule has 1 heterocycles. The summed E-state index contributed by atoms with van der Waals surface area (Å²) in [5.41, 5.74) is 1.91. The smallest absolute Gasteiger partial charge is 0.241 e. The minimum Gasteiger partial charge on any atom is -0.495 e. The lowest BCUT2D eigenvalue weighted by atomic mass is 10.2. The predicted molar refractivity (Wildman–Crippen MR) is 109 cm³/mol. The maximum atomic E-state index is 12.6. The van der Waals surface area contributed by atoms with Crippen molar-refractivity contribution >= 4 is 17.5 Å². The molecule has 0 atom stereocenters. The second-order valence-corrected chi connectivity index (χ2v) is 6.98. The van der Waals surface area contributed by atoms with Crippen LogP contribution in [0.3, 0.4) is 0 Å². The van der Waals surface area contributed by atoms with Crippen LogP contribution >= 0.6 is 0 Å². The molecule has 0 spiro atoms. The molecule has 1 aliphatic heterocycles. The van der Waals surface area contributed by atoms with Gasteiger partial charge in [0.25, 0.3) is 0 Å². The Bertz CT molecular complexity index is 810. The Hall–Kier alpha value is -2.86. The van der Waals surface area contributed by atoms with Crippen molar-refractivity contribution in [2.45, 2.75) is 13.0 Å². The zero-order valence-corrected chi connectivity index (χ0v) is 16.5. The number of carbonyl (C=O) groups excluding carboxylic acids is 2. The number of para-hydroxylation sites is 2. The number of nitrogens with zero attached hydrogens (tertiary/aromatic N) is 3. The summed E-state index contributed by atoms with van der Waals surface area (Å²) in [5, 5.41) is 0. The summed E-state index contributed by atoms with van der Waals surface area (Å²) in [4.78, 5) is 30.6. The van der Waals surface area contributed by atoms with Gasteiger partial charge in [0.2, 0.25) is 11.8 Å². The van der Waals surface area contributed by atoms with Crippen molar-refractivity contribution in [2.75, 3.05) is 45.2 Å². The van der Waals surface area contributed by atoms with Gasteiger partial charge in [-0.15, -0.1) is 0 Å². The molecule has 0 aromatic heterocycles. The Morgan fingerprint density at radius 1 is 1.07 bits per heavy atom. The first-order chi connectivity index (χ1) is 13.6. The van der Waals surface area contributed by atoms with E-state index in [2.05, 4.69) is 0 Å². The molecule has 0 radical (unpaired) electrons. The van der Waals surface area contributed by atoms with E-state index in [9.17, 15) is 9.59 Å². The van der Waals surface area contributed by atoms with Crippen LogP contribution in [-0.2, 0) is 16.1 Å². The molecule has 0 saturated carbocycles. The number of anilines is 1. The van der Waals surface area contributed by atoms with E-state index < -0.39 is 0 Å². The van der Waals surface area contributed by atoms with Crippen LogP contribution < -0.4 is 9.64 Å². The van der Waals surface area contributed by atoms with Crippen LogP contribution in [0, 0.1) is 0 Å². The van der Waals surface area contributed by atoms with Gasteiger partial charge in [-0.3, -0.25) is 14.5 Å². The highest BCUT2D eigenvalue weighted by Crippen LogP contribution is 2.28. The molecular formula is C22H27N3O3. The molecule has 2 aromatic rings. The minimum absolute atomic E-state index is 0.0286. The Morgan fingerprint density at radius 2 is 1.79 bits per heavy atom. The maximum Gasteiger partial charge on any atom is 0.241 e. The topological polar surface area (TPSA) is 53.1 Å². The molecule has 6 nitrogen and oxygen atoms in total. The molecule has 2 aromatic carbocycles. The first-order valence-corrected chi connectivity index (χ1v) is 9.52. The highest BCUT2D eigenvalue weighted by Gasteiger charge is 2.27. The predicted octanol–water partition coefficient (Wildman–Crippen LogP) is 2.39. The number of ether oxygens (including phenoxy) is 1. The molecule has 0 N–H and O–H groups in total. The van der Waals surface area contributed by atoms with Gasteiger partial charge in [-0.2, -0.15) is 0 Å². The standard InChI is InChI=1S/C22H27N3O3/c1-23(16-18-8-4-3-5-9-18)21(26)12-13-24-14-15-25(22(27)17-24)19-10-6-7-11-20(19)28-2/h3-11H,12-17H2,1-2H3. The SMILES string of the molecule is COc1ccccc1N1CCN(CCC(=O)N(C)Cc2ccccc2)CC1=O. The third-order valence-electron chi connectivity index (χ3n) is 5.01. The number of rotatable bonds is 7. The monoisotopic (exact) mass is 381 g/mol. The molecule has 148 valence electrons. The summed E-state index contributed by atoms with van der Waals surface area (Å²) in [7, 11) is 3.43. The minimum atomic E-state index is 0.0286. The summed E-state index contributed by atoms with van der Waals surface area (Å²) in [6, 6.07) is 17.5. The summed E-state index contributed by atoms with van der Waals surface area (Å²) >= 11 is 0. The van der Waals surface area contributed by atoms with E-state index in [1.54, 1.807) is 16.9 Å². The van der Waals surface area contributed by atoms with Crippen LogP contribution in [0.2, 0.25) is 0 Å². The van der Waals surface area contributed by atoms with Gasteiger partial charge >= 0.3 is 0 Å². The van der Waals surface area contributed by atoms with E-state index in [0.717, 1.165) is 17.8 Å². The molecule has 6 heteroatoms. The van der Waals surface area contributed by atoms with Crippen LogP contribution in [0.4, 0.5) is 5.69 Å². The fourth-order valence-electron chi connectivity index (χ4n) is 3.41. The van der Waals surface area contributed by atoms with Crippen LogP contribution in [0.1, 0.15) is 12.0 Å². The molecule has 3 rings (SSSR count). The fraction of sp³-hybridized carbons (Fsp3) is 0.364. The van der Waals surface area contributed by atoms with Crippen molar-refractivity contribution in [3.8, 4) is 5.75 Å². The second-order valence-electron chi connectivity index (χ2n) is 6.98. The highest BCUT2D eigenvalue weighted by atomic mass is 16.5. The molecule has 1 saturated heterocycles. The van der Waals surface area contributed by atoms with E-state index >= 15 is 0 Å². The van der Waals surface area contributed by atoms with Gasteiger partial charge in [0.1, 0.15) is 5.75 Å². The second kappa shape index (κ2) is 9.37. The maximum absolute atomic E-state index is 12.6. The van der Waals surface area contributed by atoms with E-state index in [0.29, 0.717) is 38.3 Å².